The second-order valence-corrected chi connectivity index (χ2v) is 7.10. The van der Waals surface area contributed by atoms with E-state index in [9.17, 15) is 10.2 Å². The molecule has 29 heavy (non-hydrogen) atoms. The molecule has 2 aromatic rings. The molecule has 2 N–H and O–H groups in total. The minimum absolute atomic E-state index is 0.103. The van der Waals surface area contributed by atoms with Gasteiger partial charge in [0, 0.05) is 12.3 Å². The number of benzene rings is 2. The molecule has 0 bridgehead atoms. The Hall–Kier alpha value is -2.48. The zero-order valence-electron chi connectivity index (χ0n) is 17.2. The highest BCUT2D eigenvalue weighted by atomic mass is 16.5. The molecule has 2 aromatic carbocycles. The van der Waals surface area contributed by atoms with E-state index in [1.54, 1.807) is 40.6 Å². The average Bonchev–Trinajstić information content (AvgIpc) is 3.08. The SMILES string of the molecule is COc1ccc(C[C@@]2(O)CO[C@H](c3ccc(OC)c(OC)c3)[C@H]2CO)cc1OC. The first-order valence-corrected chi connectivity index (χ1v) is 9.37. The Labute approximate surface area is 170 Å². The Kier molecular flexibility index (Phi) is 6.52. The average molecular weight is 404 g/mol. The Morgan fingerprint density at radius 1 is 0.897 bits per heavy atom. The lowest BCUT2D eigenvalue weighted by atomic mass is 9.80. The Morgan fingerprint density at radius 2 is 1.48 bits per heavy atom. The van der Waals surface area contributed by atoms with Crippen molar-refractivity contribution in [1.29, 1.82) is 0 Å². The van der Waals surface area contributed by atoms with Crippen molar-refractivity contribution < 1.29 is 33.9 Å². The molecule has 3 rings (SSSR count). The number of ether oxygens (including phenoxy) is 5. The fraction of sp³-hybridized carbons (Fsp3) is 0.455. The van der Waals surface area contributed by atoms with Gasteiger partial charge in [0.2, 0.25) is 0 Å². The van der Waals surface area contributed by atoms with Crippen molar-refractivity contribution in [3.8, 4) is 23.0 Å². The van der Waals surface area contributed by atoms with Crippen LogP contribution in [0, 0.1) is 5.92 Å². The quantitative estimate of drug-likeness (QED) is 0.699. The molecule has 1 heterocycles. The lowest BCUT2D eigenvalue weighted by Crippen LogP contribution is -2.41. The number of rotatable bonds is 8. The van der Waals surface area contributed by atoms with E-state index >= 15 is 0 Å². The van der Waals surface area contributed by atoms with Gasteiger partial charge >= 0.3 is 0 Å². The maximum absolute atomic E-state index is 11.3. The molecule has 0 aromatic heterocycles. The fourth-order valence-corrected chi connectivity index (χ4v) is 3.89. The van der Waals surface area contributed by atoms with Crippen LogP contribution in [0.15, 0.2) is 36.4 Å². The number of hydrogen-bond donors (Lipinski definition) is 2. The van der Waals surface area contributed by atoms with Gasteiger partial charge in [-0.2, -0.15) is 0 Å². The lowest BCUT2D eigenvalue weighted by Gasteiger charge is -2.29. The highest BCUT2D eigenvalue weighted by Crippen LogP contribution is 2.44. The summed E-state index contributed by atoms with van der Waals surface area (Å²) in [4.78, 5) is 0. The minimum Gasteiger partial charge on any atom is -0.493 e. The van der Waals surface area contributed by atoms with Crippen molar-refractivity contribution in [3.05, 3.63) is 47.5 Å². The molecular formula is C22H28O7. The van der Waals surface area contributed by atoms with Crippen LogP contribution in [0.5, 0.6) is 23.0 Å². The first-order valence-electron chi connectivity index (χ1n) is 9.37. The summed E-state index contributed by atoms with van der Waals surface area (Å²) in [6.45, 7) is -0.117. The third-order valence-electron chi connectivity index (χ3n) is 5.46. The molecule has 0 unspecified atom stereocenters. The smallest absolute Gasteiger partial charge is 0.161 e. The van der Waals surface area contributed by atoms with E-state index < -0.39 is 17.6 Å². The largest absolute Gasteiger partial charge is 0.493 e. The molecule has 1 aliphatic rings. The summed E-state index contributed by atoms with van der Waals surface area (Å²) >= 11 is 0. The Balaban J connectivity index is 1.86. The number of methoxy groups -OCH3 is 4. The van der Waals surface area contributed by atoms with Crippen LogP contribution in [-0.2, 0) is 11.2 Å². The molecule has 0 amide bonds. The summed E-state index contributed by atoms with van der Waals surface area (Å²) in [6.07, 6.45) is -0.160. The van der Waals surface area contributed by atoms with Gasteiger partial charge in [0.1, 0.15) is 0 Å². The van der Waals surface area contributed by atoms with Crippen LogP contribution < -0.4 is 18.9 Å². The summed E-state index contributed by atoms with van der Waals surface area (Å²) in [6, 6.07) is 11.0. The van der Waals surface area contributed by atoms with Crippen molar-refractivity contribution in [2.24, 2.45) is 5.92 Å². The summed E-state index contributed by atoms with van der Waals surface area (Å²) < 4.78 is 27.2. The van der Waals surface area contributed by atoms with E-state index in [0.717, 1.165) is 11.1 Å². The third-order valence-corrected chi connectivity index (χ3v) is 5.46. The molecule has 0 spiro atoms. The monoisotopic (exact) mass is 404 g/mol. The predicted octanol–water partition coefficient (Wildman–Crippen LogP) is 2.37. The van der Waals surface area contributed by atoms with Gasteiger partial charge in [0.15, 0.2) is 23.0 Å². The van der Waals surface area contributed by atoms with E-state index in [4.69, 9.17) is 23.7 Å². The fourth-order valence-electron chi connectivity index (χ4n) is 3.89. The van der Waals surface area contributed by atoms with Crippen LogP contribution in [-0.4, -0.2) is 57.5 Å². The summed E-state index contributed by atoms with van der Waals surface area (Å²) in [5, 5.41) is 21.4. The van der Waals surface area contributed by atoms with Crippen molar-refractivity contribution in [2.75, 3.05) is 41.7 Å². The number of hydrogen-bond acceptors (Lipinski definition) is 7. The molecule has 0 aliphatic carbocycles. The summed E-state index contributed by atoms with van der Waals surface area (Å²) in [5.41, 5.74) is 0.441. The standard InChI is InChI=1S/C22H28O7/c1-25-17-7-5-14(9-19(17)27-3)11-22(24)13-29-21(16(22)12-23)15-6-8-18(26-2)20(10-15)28-4/h5-10,16,21,23-24H,11-13H2,1-4H3/t16-,21-,22-/m1/s1. The summed E-state index contributed by atoms with van der Waals surface area (Å²) in [5.74, 6) is 1.88. The van der Waals surface area contributed by atoms with Crippen molar-refractivity contribution in [3.63, 3.8) is 0 Å². The van der Waals surface area contributed by atoms with Gasteiger partial charge in [0.05, 0.1) is 53.4 Å². The van der Waals surface area contributed by atoms with Gasteiger partial charge in [-0.05, 0) is 35.4 Å². The number of aliphatic hydroxyl groups excluding tert-OH is 1. The predicted molar refractivity (Wildman–Crippen MR) is 107 cm³/mol. The lowest BCUT2D eigenvalue weighted by molar-refractivity contribution is -0.0150. The van der Waals surface area contributed by atoms with Crippen LogP contribution in [0.1, 0.15) is 17.2 Å². The second-order valence-electron chi connectivity index (χ2n) is 7.10. The molecule has 158 valence electrons. The van der Waals surface area contributed by atoms with E-state index in [0.29, 0.717) is 29.4 Å². The molecule has 1 saturated heterocycles. The third kappa shape index (κ3) is 4.12. The molecule has 1 fully saturated rings. The molecule has 7 nitrogen and oxygen atoms in total. The van der Waals surface area contributed by atoms with Crippen LogP contribution in [0.25, 0.3) is 0 Å². The van der Waals surface area contributed by atoms with Gasteiger partial charge in [-0.15, -0.1) is 0 Å². The zero-order valence-corrected chi connectivity index (χ0v) is 17.2. The van der Waals surface area contributed by atoms with Crippen molar-refractivity contribution in [1.82, 2.24) is 0 Å². The topological polar surface area (TPSA) is 86.6 Å². The van der Waals surface area contributed by atoms with Crippen LogP contribution in [0.3, 0.4) is 0 Å². The van der Waals surface area contributed by atoms with Gasteiger partial charge in [0.25, 0.3) is 0 Å². The first kappa shape index (κ1) is 21.2. The van der Waals surface area contributed by atoms with Gasteiger partial charge < -0.3 is 33.9 Å². The van der Waals surface area contributed by atoms with E-state index in [2.05, 4.69) is 0 Å². The maximum atomic E-state index is 11.3. The molecule has 3 atom stereocenters. The maximum Gasteiger partial charge on any atom is 0.161 e. The molecular weight excluding hydrogens is 376 g/mol. The minimum atomic E-state index is -1.23. The zero-order chi connectivity index (χ0) is 21.0. The van der Waals surface area contributed by atoms with Crippen LogP contribution in [0.4, 0.5) is 0 Å². The molecule has 7 heteroatoms. The van der Waals surface area contributed by atoms with Crippen LogP contribution in [0.2, 0.25) is 0 Å². The highest BCUT2D eigenvalue weighted by Gasteiger charge is 2.49. The molecule has 0 radical (unpaired) electrons. The first-order chi connectivity index (χ1) is 14.0. The van der Waals surface area contributed by atoms with E-state index in [1.807, 2.05) is 24.3 Å². The van der Waals surface area contributed by atoms with Gasteiger partial charge in [-0.1, -0.05) is 12.1 Å². The van der Waals surface area contributed by atoms with Crippen molar-refractivity contribution in [2.45, 2.75) is 18.1 Å². The molecule has 1 aliphatic heterocycles. The van der Waals surface area contributed by atoms with E-state index in [1.165, 1.54) is 0 Å². The Bertz CT molecular complexity index is 838. The van der Waals surface area contributed by atoms with Crippen LogP contribution >= 0.6 is 0 Å². The molecule has 0 saturated carbocycles. The normalized spacial score (nSPS) is 23.7. The van der Waals surface area contributed by atoms with Crippen molar-refractivity contribution >= 4 is 0 Å². The highest BCUT2D eigenvalue weighted by molar-refractivity contribution is 5.45. The van der Waals surface area contributed by atoms with Gasteiger partial charge in [-0.3, -0.25) is 0 Å². The van der Waals surface area contributed by atoms with Gasteiger partial charge in [-0.25, -0.2) is 0 Å². The Morgan fingerprint density at radius 3 is 2.07 bits per heavy atom. The second kappa shape index (κ2) is 8.90. The number of aliphatic hydroxyl groups is 2. The van der Waals surface area contributed by atoms with E-state index in [-0.39, 0.29) is 13.2 Å². The summed E-state index contributed by atoms with van der Waals surface area (Å²) in [7, 11) is 6.28.